The Kier molecular flexibility index (Phi) is 6.74. The topological polar surface area (TPSA) is 88.5 Å². The van der Waals surface area contributed by atoms with E-state index >= 15 is 0 Å². The van der Waals surface area contributed by atoms with Crippen LogP contribution in [0.1, 0.15) is 37.3 Å². The quantitative estimate of drug-likeness (QED) is 0.566. The molecule has 33 heavy (non-hydrogen) atoms. The van der Waals surface area contributed by atoms with E-state index in [-0.39, 0.29) is 21.6 Å². The highest BCUT2D eigenvalue weighted by Crippen LogP contribution is 2.28. The molecule has 1 aliphatic heterocycles. The van der Waals surface area contributed by atoms with Gasteiger partial charge in [0.2, 0.25) is 15.9 Å². The fourth-order valence-corrected chi connectivity index (χ4v) is 6.80. The van der Waals surface area contributed by atoms with Gasteiger partial charge in [0, 0.05) is 31.2 Å². The van der Waals surface area contributed by atoms with E-state index in [1.807, 2.05) is 39.0 Å². The number of benzene rings is 2. The van der Waals surface area contributed by atoms with Crippen LogP contribution in [0.4, 0.5) is 5.69 Å². The van der Waals surface area contributed by atoms with Crippen molar-refractivity contribution in [2.24, 2.45) is 5.92 Å². The van der Waals surface area contributed by atoms with Crippen LogP contribution in [0.15, 0.2) is 46.1 Å². The molecule has 1 aromatic heterocycles. The van der Waals surface area contributed by atoms with Crippen LogP contribution in [0.3, 0.4) is 0 Å². The van der Waals surface area contributed by atoms with Crippen molar-refractivity contribution >= 4 is 43.2 Å². The van der Waals surface area contributed by atoms with Crippen LogP contribution < -0.4 is 10.2 Å². The van der Waals surface area contributed by atoms with E-state index in [4.69, 9.17) is 0 Å². The highest BCUT2D eigenvalue weighted by molar-refractivity contribution is 7.89. The molecular formula is C24H29N3O4S2. The minimum Gasteiger partial charge on any atom is -0.326 e. The lowest BCUT2D eigenvalue weighted by atomic mass is 9.97. The Balaban J connectivity index is 1.46. The predicted molar refractivity (Wildman–Crippen MR) is 132 cm³/mol. The zero-order valence-electron chi connectivity index (χ0n) is 19.1. The molecule has 9 heteroatoms. The fraction of sp³-hybridized carbons (Fsp3) is 0.417. The monoisotopic (exact) mass is 487 g/mol. The number of thiazole rings is 1. The Morgan fingerprint density at radius 3 is 2.58 bits per heavy atom. The third-order valence-corrected chi connectivity index (χ3v) is 9.25. The summed E-state index contributed by atoms with van der Waals surface area (Å²) in [6, 6.07) is 10.7. The summed E-state index contributed by atoms with van der Waals surface area (Å²) < 4.78 is 30.3. The van der Waals surface area contributed by atoms with Crippen molar-refractivity contribution in [1.82, 2.24) is 8.87 Å². The van der Waals surface area contributed by atoms with Crippen molar-refractivity contribution in [2.45, 2.75) is 51.5 Å². The first-order chi connectivity index (χ1) is 15.7. The summed E-state index contributed by atoms with van der Waals surface area (Å²) in [6.07, 6.45) is 1.77. The molecule has 0 aliphatic carbocycles. The first-order valence-corrected chi connectivity index (χ1v) is 13.5. The van der Waals surface area contributed by atoms with Crippen LogP contribution >= 0.6 is 11.3 Å². The number of carbonyl (C=O) groups is 1. The van der Waals surface area contributed by atoms with Crippen molar-refractivity contribution in [2.75, 3.05) is 18.4 Å². The molecule has 176 valence electrons. The lowest BCUT2D eigenvalue weighted by Gasteiger charge is -2.30. The van der Waals surface area contributed by atoms with Gasteiger partial charge in [0.15, 0.2) is 0 Å². The number of sulfonamides is 1. The number of anilines is 1. The number of fused-ring (bicyclic) bond motifs is 1. The summed E-state index contributed by atoms with van der Waals surface area (Å²) >= 11 is 1.07. The summed E-state index contributed by atoms with van der Waals surface area (Å²) in [6.45, 7) is 7.17. The standard InChI is InChI=1S/C24H29N3O4S2/c1-4-12-27-21-9-8-19(15-22(21)32-24(27)29)33(30,31)26-13-10-18(11-14-26)23(28)25-20-7-5-6-16(2)17(20)3/h5-9,15,18H,4,10-14H2,1-3H3,(H,25,28). The molecule has 7 nitrogen and oxygen atoms in total. The second-order valence-electron chi connectivity index (χ2n) is 8.56. The molecule has 4 rings (SSSR count). The number of nitrogens with one attached hydrogen (secondary N) is 1. The molecule has 0 spiro atoms. The first-order valence-electron chi connectivity index (χ1n) is 11.2. The van der Waals surface area contributed by atoms with Gasteiger partial charge in [-0.15, -0.1) is 0 Å². The molecule has 2 aromatic carbocycles. The van der Waals surface area contributed by atoms with E-state index in [1.54, 1.807) is 22.8 Å². The average molecular weight is 488 g/mol. The maximum absolute atomic E-state index is 13.2. The molecule has 1 aliphatic rings. The number of amides is 1. The Bertz CT molecular complexity index is 1350. The van der Waals surface area contributed by atoms with Crippen molar-refractivity contribution in [1.29, 1.82) is 0 Å². The third-order valence-electron chi connectivity index (χ3n) is 6.41. The van der Waals surface area contributed by atoms with Gasteiger partial charge in [-0.05, 0) is 68.5 Å². The Labute approximate surface area is 198 Å². The van der Waals surface area contributed by atoms with Gasteiger partial charge in [0.25, 0.3) is 0 Å². The van der Waals surface area contributed by atoms with E-state index in [0.29, 0.717) is 37.2 Å². The first kappa shape index (κ1) is 23.7. The molecule has 1 fully saturated rings. The second kappa shape index (κ2) is 9.40. The maximum atomic E-state index is 13.2. The predicted octanol–water partition coefficient (Wildman–Crippen LogP) is 4.13. The van der Waals surface area contributed by atoms with Gasteiger partial charge in [-0.25, -0.2) is 8.42 Å². The van der Waals surface area contributed by atoms with Gasteiger partial charge in [-0.2, -0.15) is 4.31 Å². The molecule has 0 unspecified atom stereocenters. The van der Waals surface area contributed by atoms with Crippen molar-refractivity contribution in [3.63, 3.8) is 0 Å². The number of hydrogen-bond donors (Lipinski definition) is 1. The Morgan fingerprint density at radius 1 is 1.15 bits per heavy atom. The van der Waals surface area contributed by atoms with Crippen LogP contribution in [0.25, 0.3) is 10.2 Å². The number of piperidine rings is 1. The Morgan fingerprint density at radius 2 is 1.88 bits per heavy atom. The number of aromatic nitrogens is 1. The van der Waals surface area contributed by atoms with Gasteiger partial charge < -0.3 is 5.32 Å². The van der Waals surface area contributed by atoms with Gasteiger partial charge >= 0.3 is 4.87 Å². The molecular weight excluding hydrogens is 458 g/mol. The minimum atomic E-state index is -3.69. The molecule has 1 N–H and O–H groups in total. The number of nitrogens with zero attached hydrogens (tertiary/aromatic N) is 2. The highest BCUT2D eigenvalue weighted by Gasteiger charge is 2.32. The molecule has 0 saturated carbocycles. The summed E-state index contributed by atoms with van der Waals surface area (Å²) in [5.74, 6) is -0.295. The van der Waals surface area contributed by atoms with Gasteiger partial charge in [0.1, 0.15) is 0 Å². The summed E-state index contributed by atoms with van der Waals surface area (Å²) in [5, 5.41) is 3.01. The second-order valence-corrected chi connectivity index (χ2v) is 11.5. The lowest BCUT2D eigenvalue weighted by molar-refractivity contribution is -0.120. The number of carbonyl (C=O) groups excluding carboxylic acids is 1. The van der Waals surface area contributed by atoms with Crippen molar-refractivity contribution in [3.05, 3.63) is 57.2 Å². The molecule has 3 aromatic rings. The van der Waals surface area contributed by atoms with Gasteiger partial charge in [0.05, 0.1) is 15.1 Å². The van der Waals surface area contributed by atoms with E-state index < -0.39 is 10.0 Å². The molecule has 0 radical (unpaired) electrons. The van der Waals surface area contributed by atoms with Crippen molar-refractivity contribution in [3.8, 4) is 0 Å². The van der Waals surface area contributed by atoms with Crippen LogP contribution in [-0.2, 0) is 21.4 Å². The normalized spacial score (nSPS) is 15.7. The van der Waals surface area contributed by atoms with Crippen molar-refractivity contribution < 1.29 is 13.2 Å². The van der Waals surface area contributed by atoms with E-state index in [9.17, 15) is 18.0 Å². The molecule has 0 bridgehead atoms. The zero-order chi connectivity index (χ0) is 23.8. The van der Waals surface area contributed by atoms with Gasteiger partial charge in [-0.1, -0.05) is 30.4 Å². The highest BCUT2D eigenvalue weighted by atomic mass is 32.2. The third kappa shape index (κ3) is 4.62. The maximum Gasteiger partial charge on any atom is 0.308 e. The van der Waals surface area contributed by atoms with Crippen LogP contribution in [0.5, 0.6) is 0 Å². The molecule has 0 atom stereocenters. The molecule has 1 saturated heterocycles. The van der Waals surface area contributed by atoms with E-state index in [1.165, 1.54) is 4.31 Å². The van der Waals surface area contributed by atoms with Gasteiger partial charge in [-0.3, -0.25) is 14.2 Å². The summed E-state index contributed by atoms with van der Waals surface area (Å²) in [4.78, 5) is 25.1. The zero-order valence-corrected chi connectivity index (χ0v) is 20.8. The SMILES string of the molecule is CCCn1c(=O)sc2cc(S(=O)(=O)N3CCC(C(=O)Nc4cccc(C)c4C)CC3)ccc21. The molecule has 2 heterocycles. The van der Waals surface area contributed by atoms with Crippen LogP contribution in [-0.4, -0.2) is 36.3 Å². The number of aryl methyl sites for hydroxylation is 2. The Hall–Kier alpha value is -2.49. The van der Waals surface area contributed by atoms with Crippen LogP contribution in [0.2, 0.25) is 0 Å². The minimum absolute atomic E-state index is 0.0655. The number of hydrogen-bond acceptors (Lipinski definition) is 5. The summed E-state index contributed by atoms with van der Waals surface area (Å²) in [5.41, 5.74) is 3.72. The van der Waals surface area contributed by atoms with E-state index in [0.717, 1.165) is 40.1 Å². The average Bonchev–Trinajstić information content (AvgIpc) is 3.11. The smallest absolute Gasteiger partial charge is 0.308 e. The largest absolute Gasteiger partial charge is 0.326 e. The summed E-state index contributed by atoms with van der Waals surface area (Å²) in [7, 11) is -3.69. The van der Waals surface area contributed by atoms with E-state index in [2.05, 4.69) is 5.32 Å². The fourth-order valence-electron chi connectivity index (χ4n) is 4.27. The molecule has 1 amide bonds. The van der Waals surface area contributed by atoms with Crippen LogP contribution in [0, 0.1) is 19.8 Å². The number of rotatable bonds is 6. The lowest BCUT2D eigenvalue weighted by Crippen LogP contribution is -2.41.